The normalized spacial score (nSPS) is 24.0. The second kappa shape index (κ2) is 9.94. The highest BCUT2D eigenvalue weighted by Crippen LogP contribution is 2.34. The van der Waals surface area contributed by atoms with Crippen LogP contribution in [-0.4, -0.2) is 51.9 Å². The van der Waals surface area contributed by atoms with Gasteiger partial charge in [0.15, 0.2) is 0 Å². The van der Waals surface area contributed by atoms with Crippen LogP contribution in [0.5, 0.6) is 0 Å². The van der Waals surface area contributed by atoms with E-state index in [0.717, 1.165) is 43.6 Å². The molecule has 0 saturated carbocycles. The minimum Gasteiger partial charge on any atom is -0.371 e. The number of aromatic nitrogens is 3. The molecule has 0 N–H and O–H groups in total. The van der Waals surface area contributed by atoms with E-state index < -0.39 is 15.3 Å². The summed E-state index contributed by atoms with van der Waals surface area (Å²) in [6, 6.07) is 14.8. The van der Waals surface area contributed by atoms with Crippen LogP contribution >= 0.6 is 0 Å². The molecule has 2 aliphatic heterocycles. The second-order valence-corrected chi connectivity index (χ2v) is 12.6. The molecule has 2 atom stereocenters. The van der Waals surface area contributed by atoms with E-state index in [4.69, 9.17) is 0 Å². The largest absolute Gasteiger partial charge is 0.371 e. The van der Waals surface area contributed by atoms with Gasteiger partial charge in [0.2, 0.25) is 10.0 Å². The lowest BCUT2D eigenvalue weighted by Crippen LogP contribution is -2.48. The molecule has 1 aromatic heterocycles. The van der Waals surface area contributed by atoms with Crippen molar-refractivity contribution in [2.24, 2.45) is 0 Å². The van der Waals surface area contributed by atoms with E-state index in [-0.39, 0.29) is 23.9 Å². The molecule has 0 bridgehead atoms. The first-order valence-electron chi connectivity index (χ1n) is 12.7. The van der Waals surface area contributed by atoms with Crippen molar-refractivity contribution in [3.63, 3.8) is 0 Å². The van der Waals surface area contributed by atoms with Gasteiger partial charge in [0.1, 0.15) is 18.5 Å². The van der Waals surface area contributed by atoms with Gasteiger partial charge in [0.05, 0.1) is 5.25 Å². The van der Waals surface area contributed by atoms with Crippen LogP contribution in [0, 0.1) is 5.82 Å². The highest BCUT2D eigenvalue weighted by atomic mass is 32.2. The van der Waals surface area contributed by atoms with E-state index >= 15 is 4.39 Å². The van der Waals surface area contributed by atoms with Crippen LogP contribution in [0.15, 0.2) is 61.2 Å². The average Bonchev–Trinajstić information content (AvgIpc) is 3.42. The number of hydrogen-bond donors (Lipinski definition) is 0. The van der Waals surface area contributed by atoms with Crippen molar-refractivity contribution < 1.29 is 12.8 Å². The summed E-state index contributed by atoms with van der Waals surface area (Å²) in [5.74, 6) is -0.354. The predicted octanol–water partition coefficient (Wildman–Crippen LogP) is 4.36. The minimum absolute atomic E-state index is 0.0481. The minimum atomic E-state index is -3.55. The van der Waals surface area contributed by atoms with Crippen molar-refractivity contribution >= 4 is 15.7 Å². The van der Waals surface area contributed by atoms with Gasteiger partial charge in [-0.1, -0.05) is 36.4 Å². The third-order valence-corrected chi connectivity index (χ3v) is 10.5. The number of sulfonamides is 1. The smallest absolute Gasteiger partial charge is 0.217 e. The maximum absolute atomic E-state index is 15.3. The molecule has 3 aromatic rings. The molecule has 0 aliphatic carbocycles. The van der Waals surface area contributed by atoms with E-state index in [9.17, 15) is 8.42 Å². The summed E-state index contributed by atoms with van der Waals surface area (Å²) >= 11 is 0. The Morgan fingerprint density at radius 3 is 2.39 bits per heavy atom. The van der Waals surface area contributed by atoms with E-state index in [1.807, 2.05) is 43.3 Å². The Kier molecular flexibility index (Phi) is 6.87. The fraction of sp³-hybridized carbons (Fsp3) is 0.481. The zero-order chi connectivity index (χ0) is 25.3. The van der Waals surface area contributed by atoms with Crippen LogP contribution in [0.25, 0.3) is 0 Å². The Labute approximate surface area is 213 Å². The highest BCUT2D eigenvalue weighted by molar-refractivity contribution is 7.89. The molecule has 2 saturated heterocycles. The molecule has 0 radical (unpaired) electrons. The Balaban J connectivity index is 1.28. The summed E-state index contributed by atoms with van der Waals surface area (Å²) in [7, 11) is -3.55. The van der Waals surface area contributed by atoms with Gasteiger partial charge in [0.25, 0.3) is 0 Å². The SMILES string of the molecule is CC1CCC(Cc2ccccc2)S(=O)(=O)N1Cc1ccc(N2CCC(C)(n3cnnc3)CC2)cc1F. The Hall–Kier alpha value is -2.78. The molecule has 3 heterocycles. The van der Waals surface area contributed by atoms with Gasteiger partial charge in [-0.3, -0.25) is 0 Å². The van der Waals surface area contributed by atoms with Crippen LogP contribution in [0.3, 0.4) is 0 Å². The first-order chi connectivity index (χ1) is 17.3. The summed E-state index contributed by atoms with van der Waals surface area (Å²) in [4.78, 5) is 2.19. The number of piperidine rings is 1. The summed E-state index contributed by atoms with van der Waals surface area (Å²) in [5, 5.41) is 7.39. The summed E-state index contributed by atoms with van der Waals surface area (Å²) in [6.07, 6.45) is 7.20. The fourth-order valence-electron chi connectivity index (χ4n) is 5.51. The topological polar surface area (TPSA) is 71.3 Å². The Morgan fingerprint density at radius 1 is 1.03 bits per heavy atom. The van der Waals surface area contributed by atoms with Gasteiger partial charge in [-0.25, -0.2) is 12.8 Å². The van der Waals surface area contributed by atoms with Gasteiger partial charge in [-0.2, -0.15) is 4.31 Å². The Bertz CT molecular complexity index is 1270. The van der Waals surface area contributed by atoms with E-state index in [1.165, 1.54) is 4.31 Å². The van der Waals surface area contributed by atoms with Gasteiger partial charge in [-0.15, -0.1) is 10.2 Å². The highest BCUT2D eigenvalue weighted by Gasteiger charge is 2.40. The van der Waals surface area contributed by atoms with Crippen LogP contribution in [0.2, 0.25) is 0 Å². The van der Waals surface area contributed by atoms with Gasteiger partial charge < -0.3 is 9.47 Å². The lowest BCUT2D eigenvalue weighted by molar-refractivity contribution is 0.247. The lowest BCUT2D eigenvalue weighted by atomic mass is 9.89. The number of benzene rings is 2. The number of nitrogens with zero attached hydrogens (tertiary/aromatic N) is 5. The summed E-state index contributed by atoms with van der Waals surface area (Å²) < 4.78 is 45.9. The lowest BCUT2D eigenvalue weighted by Gasteiger charge is -2.41. The molecular weight excluding hydrogens is 477 g/mol. The molecule has 9 heteroatoms. The van der Waals surface area contributed by atoms with Gasteiger partial charge >= 0.3 is 0 Å². The molecule has 36 heavy (non-hydrogen) atoms. The molecule has 192 valence electrons. The maximum atomic E-state index is 15.3. The Morgan fingerprint density at radius 2 is 1.72 bits per heavy atom. The first-order valence-corrected chi connectivity index (χ1v) is 14.2. The molecule has 0 amide bonds. The maximum Gasteiger partial charge on any atom is 0.217 e. The third-order valence-electron chi connectivity index (χ3n) is 8.06. The summed E-state index contributed by atoms with van der Waals surface area (Å²) in [6.45, 7) is 5.77. The zero-order valence-electron chi connectivity index (χ0n) is 20.9. The average molecular weight is 512 g/mol. The molecule has 2 aromatic carbocycles. The molecule has 2 aliphatic rings. The summed E-state index contributed by atoms with van der Waals surface area (Å²) in [5.41, 5.74) is 2.21. The monoisotopic (exact) mass is 511 g/mol. The van der Waals surface area contributed by atoms with Crippen molar-refractivity contribution in [2.45, 2.75) is 69.3 Å². The van der Waals surface area contributed by atoms with Crippen molar-refractivity contribution in [1.82, 2.24) is 19.1 Å². The van der Waals surface area contributed by atoms with Crippen LogP contribution in [-0.2, 0) is 28.5 Å². The molecule has 5 rings (SSSR count). The van der Waals surface area contributed by atoms with E-state index in [1.54, 1.807) is 24.8 Å². The number of anilines is 1. The second-order valence-electron chi connectivity index (χ2n) is 10.5. The number of halogens is 1. The predicted molar refractivity (Wildman–Crippen MR) is 139 cm³/mol. The van der Waals surface area contributed by atoms with Crippen molar-refractivity contribution in [1.29, 1.82) is 0 Å². The number of rotatable bonds is 6. The van der Waals surface area contributed by atoms with Crippen LogP contribution in [0.4, 0.5) is 10.1 Å². The first kappa shape index (κ1) is 24.9. The fourth-order valence-corrected chi connectivity index (χ4v) is 7.65. The number of hydrogen-bond acceptors (Lipinski definition) is 5. The van der Waals surface area contributed by atoms with Crippen LogP contribution in [0.1, 0.15) is 50.7 Å². The molecule has 2 unspecified atom stereocenters. The van der Waals surface area contributed by atoms with Crippen LogP contribution < -0.4 is 4.90 Å². The third kappa shape index (κ3) is 4.91. The molecule has 0 spiro atoms. The molecule has 7 nitrogen and oxygen atoms in total. The standard InChI is InChI=1S/C27H34FN5O2S/c1-21-8-11-25(16-22-6-4-3-5-7-22)36(34,35)33(21)18-23-9-10-24(17-26(23)28)31-14-12-27(2,13-15-31)32-19-29-30-20-32/h3-7,9-10,17,19-21,25H,8,11-16,18H2,1-2H3. The van der Waals surface area contributed by atoms with Crippen molar-refractivity contribution in [2.75, 3.05) is 18.0 Å². The van der Waals surface area contributed by atoms with Gasteiger partial charge in [0, 0.05) is 42.5 Å². The van der Waals surface area contributed by atoms with E-state index in [2.05, 4.69) is 26.6 Å². The molecular formula is C27H34FN5O2S. The van der Waals surface area contributed by atoms with Crippen molar-refractivity contribution in [3.05, 3.63) is 78.1 Å². The van der Waals surface area contributed by atoms with Crippen molar-refractivity contribution in [3.8, 4) is 0 Å². The molecule has 2 fully saturated rings. The van der Waals surface area contributed by atoms with E-state index in [0.29, 0.717) is 18.4 Å². The quantitative estimate of drug-likeness (QED) is 0.492. The van der Waals surface area contributed by atoms with Gasteiger partial charge in [-0.05, 0) is 63.6 Å². The zero-order valence-corrected chi connectivity index (χ0v) is 21.7.